The van der Waals surface area contributed by atoms with E-state index < -0.39 is 12.0 Å². The lowest BCUT2D eigenvalue weighted by molar-refractivity contribution is -0.142. The molecule has 4 N–H and O–H groups in total. The lowest BCUT2D eigenvalue weighted by Gasteiger charge is -2.19. The largest absolute Gasteiger partial charge is 0.480 e. The highest BCUT2D eigenvalue weighted by molar-refractivity contribution is 5.84. The Balaban J connectivity index is 4.25. The number of aliphatic carboxylic acids is 1. The van der Waals surface area contributed by atoms with Crippen LogP contribution in [0, 0.1) is 11.8 Å². The van der Waals surface area contributed by atoms with Gasteiger partial charge in [-0.3, -0.25) is 4.79 Å². The summed E-state index contributed by atoms with van der Waals surface area (Å²) < 4.78 is 0. The van der Waals surface area contributed by atoms with Gasteiger partial charge >= 0.3 is 5.97 Å². The highest BCUT2D eigenvalue weighted by Crippen LogP contribution is 2.09. The number of carbonyl (C=O) groups is 2. The molecule has 0 aliphatic heterocycles. The molecule has 5 heteroatoms. The number of carbonyl (C=O) groups excluding carboxylic acids is 1. The molecule has 0 rings (SSSR count). The first-order valence-corrected chi connectivity index (χ1v) is 6.11. The van der Waals surface area contributed by atoms with Crippen molar-refractivity contribution in [3.63, 3.8) is 0 Å². The molecule has 0 saturated carbocycles. The fourth-order valence-electron chi connectivity index (χ4n) is 1.56. The molecule has 0 saturated heterocycles. The summed E-state index contributed by atoms with van der Waals surface area (Å²) in [5.74, 6) is -1.13. The molecule has 2 atom stereocenters. The van der Waals surface area contributed by atoms with Crippen LogP contribution in [0.1, 0.15) is 40.0 Å². The molecule has 17 heavy (non-hydrogen) atoms. The number of rotatable bonds is 8. The molecule has 0 aromatic carbocycles. The first kappa shape index (κ1) is 15.9. The van der Waals surface area contributed by atoms with Crippen molar-refractivity contribution in [2.24, 2.45) is 17.6 Å². The normalized spacial score (nSPS) is 14.4. The smallest absolute Gasteiger partial charge is 0.326 e. The molecule has 0 radical (unpaired) electrons. The van der Waals surface area contributed by atoms with Crippen LogP contribution in [0.4, 0.5) is 0 Å². The minimum Gasteiger partial charge on any atom is -0.480 e. The number of hydrogen-bond donors (Lipinski definition) is 3. The van der Waals surface area contributed by atoms with Crippen LogP contribution in [0.15, 0.2) is 0 Å². The van der Waals surface area contributed by atoms with Gasteiger partial charge in [0.25, 0.3) is 0 Å². The van der Waals surface area contributed by atoms with E-state index in [0.717, 1.165) is 6.42 Å². The molecule has 1 amide bonds. The fourth-order valence-corrected chi connectivity index (χ4v) is 1.56. The van der Waals surface area contributed by atoms with Crippen molar-refractivity contribution in [1.29, 1.82) is 0 Å². The topological polar surface area (TPSA) is 92.4 Å². The van der Waals surface area contributed by atoms with Gasteiger partial charge in [-0.15, -0.1) is 0 Å². The second-order valence-electron chi connectivity index (χ2n) is 4.86. The van der Waals surface area contributed by atoms with E-state index >= 15 is 0 Å². The molecular weight excluding hydrogens is 220 g/mol. The van der Waals surface area contributed by atoms with Crippen LogP contribution in [0.25, 0.3) is 0 Å². The Hall–Kier alpha value is -1.10. The van der Waals surface area contributed by atoms with Gasteiger partial charge in [0.2, 0.25) is 5.91 Å². The highest BCUT2D eigenvalue weighted by atomic mass is 16.4. The predicted octanol–water partition coefficient (Wildman–Crippen LogP) is 0.977. The molecule has 1 unspecified atom stereocenters. The number of carboxylic acid groups (broad SMARTS) is 1. The van der Waals surface area contributed by atoms with Crippen LogP contribution < -0.4 is 11.1 Å². The Kier molecular flexibility index (Phi) is 7.54. The lowest BCUT2D eigenvalue weighted by atomic mass is 10.0. The van der Waals surface area contributed by atoms with Crippen molar-refractivity contribution >= 4 is 11.9 Å². The number of carboxylic acids is 1. The Morgan fingerprint density at radius 3 is 2.29 bits per heavy atom. The zero-order valence-electron chi connectivity index (χ0n) is 10.9. The summed E-state index contributed by atoms with van der Waals surface area (Å²) in [5.41, 5.74) is 5.37. The van der Waals surface area contributed by atoms with Gasteiger partial charge in [0.15, 0.2) is 0 Å². The summed E-state index contributed by atoms with van der Waals surface area (Å²) in [6.45, 7) is 6.20. The average molecular weight is 244 g/mol. The zero-order chi connectivity index (χ0) is 13.4. The van der Waals surface area contributed by atoms with E-state index in [2.05, 4.69) is 5.32 Å². The van der Waals surface area contributed by atoms with Crippen molar-refractivity contribution in [3.05, 3.63) is 0 Å². The Labute approximate surface area is 103 Å². The van der Waals surface area contributed by atoms with Crippen molar-refractivity contribution < 1.29 is 14.7 Å². The summed E-state index contributed by atoms with van der Waals surface area (Å²) in [4.78, 5) is 22.7. The first-order valence-electron chi connectivity index (χ1n) is 6.11. The van der Waals surface area contributed by atoms with Crippen molar-refractivity contribution in [2.75, 3.05) is 6.54 Å². The van der Waals surface area contributed by atoms with E-state index in [9.17, 15) is 9.59 Å². The van der Waals surface area contributed by atoms with E-state index in [0.29, 0.717) is 19.4 Å². The summed E-state index contributed by atoms with van der Waals surface area (Å²) in [5, 5.41) is 11.6. The number of nitrogens with one attached hydrogen (secondary N) is 1. The molecule has 0 aromatic rings. The monoisotopic (exact) mass is 244 g/mol. The first-order chi connectivity index (χ1) is 7.88. The van der Waals surface area contributed by atoms with Gasteiger partial charge < -0.3 is 16.2 Å². The standard InChI is InChI=1S/C12H24N2O3/c1-8(2)7-10(12(16)17)14-11(15)9(3)5-4-6-13/h8-10H,4-7,13H2,1-3H3,(H,14,15)(H,16,17)/t9?,10-/m1/s1. The fraction of sp³-hybridized carbons (Fsp3) is 0.833. The van der Waals surface area contributed by atoms with Gasteiger partial charge in [0.05, 0.1) is 0 Å². The summed E-state index contributed by atoms with van der Waals surface area (Å²) in [6, 6.07) is -0.789. The number of nitrogens with two attached hydrogens (primary N) is 1. The van der Waals surface area contributed by atoms with E-state index in [-0.39, 0.29) is 17.7 Å². The van der Waals surface area contributed by atoms with Crippen LogP contribution in [0.3, 0.4) is 0 Å². The van der Waals surface area contributed by atoms with Gasteiger partial charge in [0, 0.05) is 5.92 Å². The van der Waals surface area contributed by atoms with E-state index in [4.69, 9.17) is 10.8 Å². The highest BCUT2D eigenvalue weighted by Gasteiger charge is 2.23. The second-order valence-corrected chi connectivity index (χ2v) is 4.86. The molecular formula is C12H24N2O3. The summed E-state index contributed by atoms with van der Waals surface area (Å²) >= 11 is 0. The third-order valence-electron chi connectivity index (χ3n) is 2.61. The summed E-state index contributed by atoms with van der Waals surface area (Å²) in [7, 11) is 0. The van der Waals surface area contributed by atoms with Crippen LogP contribution in [-0.4, -0.2) is 29.6 Å². The molecule has 0 aliphatic rings. The molecule has 5 nitrogen and oxygen atoms in total. The minimum absolute atomic E-state index is 0.187. The third kappa shape index (κ3) is 6.94. The van der Waals surface area contributed by atoms with Crippen molar-refractivity contribution in [3.8, 4) is 0 Å². The molecule has 0 aromatic heterocycles. The molecule has 0 bridgehead atoms. The molecule has 100 valence electrons. The average Bonchev–Trinajstić information content (AvgIpc) is 2.23. The Morgan fingerprint density at radius 1 is 1.29 bits per heavy atom. The second kappa shape index (κ2) is 8.06. The maximum absolute atomic E-state index is 11.7. The third-order valence-corrected chi connectivity index (χ3v) is 2.61. The Bertz CT molecular complexity index is 254. The Morgan fingerprint density at radius 2 is 1.88 bits per heavy atom. The molecule has 0 heterocycles. The van der Waals surface area contributed by atoms with Crippen LogP contribution in [0.5, 0.6) is 0 Å². The van der Waals surface area contributed by atoms with Gasteiger partial charge in [-0.05, 0) is 31.7 Å². The van der Waals surface area contributed by atoms with E-state index in [1.54, 1.807) is 6.92 Å². The van der Waals surface area contributed by atoms with Crippen LogP contribution in [0.2, 0.25) is 0 Å². The van der Waals surface area contributed by atoms with Gasteiger partial charge in [-0.25, -0.2) is 4.79 Å². The number of hydrogen-bond acceptors (Lipinski definition) is 3. The molecule has 0 spiro atoms. The van der Waals surface area contributed by atoms with Crippen LogP contribution in [-0.2, 0) is 9.59 Å². The zero-order valence-corrected chi connectivity index (χ0v) is 10.9. The quantitative estimate of drug-likeness (QED) is 0.593. The maximum atomic E-state index is 11.7. The van der Waals surface area contributed by atoms with Gasteiger partial charge in [0.1, 0.15) is 6.04 Å². The maximum Gasteiger partial charge on any atom is 0.326 e. The molecule has 0 aliphatic carbocycles. The predicted molar refractivity (Wildman–Crippen MR) is 66.5 cm³/mol. The molecule has 0 fully saturated rings. The number of amides is 1. The SMILES string of the molecule is CC(C)C[C@@H](NC(=O)C(C)CCCN)C(=O)O. The van der Waals surface area contributed by atoms with Crippen molar-refractivity contribution in [2.45, 2.75) is 46.1 Å². The van der Waals surface area contributed by atoms with Gasteiger partial charge in [-0.2, -0.15) is 0 Å². The summed E-state index contributed by atoms with van der Waals surface area (Å²) in [6.07, 6.45) is 1.91. The van der Waals surface area contributed by atoms with Crippen molar-refractivity contribution in [1.82, 2.24) is 5.32 Å². The lowest BCUT2D eigenvalue weighted by Crippen LogP contribution is -2.43. The van der Waals surface area contributed by atoms with Crippen LogP contribution >= 0.6 is 0 Å². The van der Waals surface area contributed by atoms with E-state index in [1.165, 1.54) is 0 Å². The van der Waals surface area contributed by atoms with E-state index in [1.807, 2.05) is 13.8 Å². The minimum atomic E-state index is -0.974. The van der Waals surface area contributed by atoms with Gasteiger partial charge in [-0.1, -0.05) is 20.8 Å².